The molecule has 5 rings (SSSR count). The monoisotopic (exact) mass is 654 g/mol. The molecule has 48 heavy (non-hydrogen) atoms. The summed E-state index contributed by atoms with van der Waals surface area (Å²) in [6.07, 6.45) is 6.30. The third-order valence-corrected chi connectivity index (χ3v) is 7.44. The van der Waals surface area contributed by atoms with Gasteiger partial charge in [-0.3, -0.25) is 24.5 Å². The molecule has 3 N–H and O–H groups in total. The van der Waals surface area contributed by atoms with E-state index in [2.05, 4.69) is 20.8 Å². The molecule has 252 valence electrons. The normalized spacial score (nSPS) is 17.4. The highest BCUT2D eigenvalue weighted by Crippen LogP contribution is 2.27. The van der Waals surface area contributed by atoms with Gasteiger partial charge in [-0.1, -0.05) is 48.6 Å². The molecule has 3 aromatic rings. The molecule has 2 aromatic carbocycles. The van der Waals surface area contributed by atoms with E-state index in [0.717, 1.165) is 16.8 Å². The van der Waals surface area contributed by atoms with Crippen LogP contribution in [0.25, 0.3) is 22.5 Å². The number of rotatable bonds is 7. The molecular weight excluding hydrogens is 612 g/mol. The van der Waals surface area contributed by atoms with E-state index in [1.807, 2.05) is 75.4 Å². The minimum absolute atomic E-state index is 0.117. The van der Waals surface area contributed by atoms with E-state index in [1.165, 1.54) is 4.90 Å². The number of carbonyl (C=O) groups excluding carboxylic acids is 4. The summed E-state index contributed by atoms with van der Waals surface area (Å²) in [5, 5.41) is 13.3. The lowest BCUT2D eigenvalue weighted by atomic mass is 10.1. The van der Waals surface area contributed by atoms with Gasteiger partial charge in [0, 0.05) is 30.0 Å². The van der Waals surface area contributed by atoms with Crippen molar-refractivity contribution in [3.63, 3.8) is 0 Å². The van der Waals surface area contributed by atoms with Gasteiger partial charge in [0.1, 0.15) is 17.2 Å². The van der Waals surface area contributed by atoms with Crippen molar-refractivity contribution in [3.05, 3.63) is 78.9 Å². The van der Waals surface area contributed by atoms with Crippen LogP contribution in [0.3, 0.4) is 0 Å². The Hall–Kier alpha value is -5.39. The van der Waals surface area contributed by atoms with Crippen LogP contribution in [0.2, 0.25) is 0 Å². The average Bonchev–Trinajstić information content (AvgIpc) is 3.77. The van der Waals surface area contributed by atoms with Gasteiger partial charge < -0.3 is 20.1 Å². The molecule has 1 aromatic heterocycles. The lowest BCUT2D eigenvalue weighted by Gasteiger charge is -2.28. The number of nitrogens with zero attached hydrogens (tertiary/aromatic N) is 3. The quantitative estimate of drug-likeness (QED) is 0.251. The van der Waals surface area contributed by atoms with Crippen LogP contribution in [-0.2, 0) is 19.1 Å². The van der Waals surface area contributed by atoms with Gasteiger partial charge in [-0.05, 0) is 77.4 Å². The lowest BCUT2D eigenvalue weighted by molar-refractivity contribution is -0.119. The average molecular weight is 655 g/mol. The van der Waals surface area contributed by atoms with Crippen molar-refractivity contribution in [2.24, 2.45) is 0 Å². The Balaban J connectivity index is 1.14. The number of aromatic nitrogens is 2. The van der Waals surface area contributed by atoms with Gasteiger partial charge in [0.05, 0.1) is 23.9 Å². The Kier molecular flexibility index (Phi) is 9.74. The van der Waals surface area contributed by atoms with Crippen molar-refractivity contribution >= 4 is 35.4 Å². The summed E-state index contributed by atoms with van der Waals surface area (Å²) in [6.45, 7) is 11.5. The minimum atomic E-state index is -0.757. The molecule has 2 unspecified atom stereocenters. The molecule has 3 heterocycles. The summed E-state index contributed by atoms with van der Waals surface area (Å²) in [5.74, 6) is -0.543. The van der Waals surface area contributed by atoms with E-state index in [1.54, 1.807) is 50.0 Å². The van der Waals surface area contributed by atoms with Crippen LogP contribution in [0.4, 0.5) is 21.0 Å². The maximum atomic E-state index is 13.0. The van der Waals surface area contributed by atoms with Crippen LogP contribution in [0.1, 0.15) is 48.0 Å². The van der Waals surface area contributed by atoms with Gasteiger partial charge in [0.2, 0.25) is 5.91 Å². The summed E-state index contributed by atoms with van der Waals surface area (Å²) in [5.41, 5.74) is 3.18. The van der Waals surface area contributed by atoms with E-state index < -0.39 is 29.4 Å². The van der Waals surface area contributed by atoms with Gasteiger partial charge in [-0.2, -0.15) is 5.10 Å². The Labute approximate surface area is 280 Å². The molecule has 0 aliphatic carbocycles. The zero-order valence-electron chi connectivity index (χ0n) is 28.1. The van der Waals surface area contributed by atoms with E-state index in [-0.39, 0.29) is 24.3 Å². The van der Waals surface area contributed by atoms with Gasteiger partial charge in [-0.25, -0.2) is 9.59 Å². The van der Waals surface area contributed by atoms with Crippen molar-refractivity contribution in [2.75, 3.05) is 23.7 Å². The van der Waals surface area contributed by atoms with E-state index in [0.29, 0.717) is 30.2 Å². The molecule has 0 saturated heterocycles. The first-order valence-corrected chi connectivity index (χ1v) is 15.8. The number of carbonyl (C=O) groups is 4. The summed E-state index contributed by atoms with van der Waals surface area (Å²) < 4.78 is 10.9. The number of nitrogens with one attached hydrogen (secondary N) is 3. The molecule has 2 atom stereocenters. The fraction of sp³-hybridized carbons (Fsp3) is 0.361. The molecule has 2 aliphatic heterocycles. The number of hydrogen-bond acceptors (Lipinski definition) is 7. The third-order valence-electron chi connectivity index (χ3n) is 7.44. The van der Waals surface area contributed by atoms with Gasteiger partial charge >= 0.3 is 12.2 Å². The van der Waals surface area contributed by atoms with Crippen molar-refractivity contribution < 1.29 is 28.7 Å². The minimum Gasteiger partial charge on any atom is -0.444 e. The number of anilines is 2. The standard InChI is InChI=1S/C36H42N6O6/c1-35(2,3)47-33(45)41-19-7-9-27(41)21-31(43)37-25-15-11-23(12-16-25)28-22-29(40-39-28)24-13-17-26(18-14-24)38-32(44)30-10-8-20-42(30)34(46)48-36(4,5)6/h7-18,22,27,30H,19-21H2,1-6H3,(H,37,43)(H,38,44)(H,39,40). The van der Waals surface area contributed by atoms with Crippen molar-refractivity contribution in [3.8, 4) is 22.5 Å². The molecule has 4 amide bonds. The predicted octanol–water partition coefficient (Wildman–Crippen LogP) is 6.36. The maximum absolute atomic E-state index is 13.0. The second-order valence-corrected chi connectivity index (χ2v) is 13.7. The largest absolute Gasteiger partial charge is 0.444 e. The SMILES string of the molecule is CC(C)(C)OC(=O)N1CC=CC1CC(=O)Nc1ccc(-c2cc(-c3ccc(NC(=O)C4C=CCN4C(=O)OC(C)(C)C)cc3)n[nH]2)cc1. The molecular formula is C36H42N6O6. The Morgan fingerprint density at radius 2 is 1.31 bits per heavy atom. The number of benzene rings is 2. The van der Waals surface area contributed by atoms with Crippen LogP contribution < -0.4 is 10.6 Å². The number of amides is 4. The molecule has 0 fully saturated rings. The second-order valence-electron chi connectivity index (χ2n) is 13.7. The van der Waals surface area contributed by atoms with Crippen LogP contribution in [0, 0.1) is 0 Å². The van der Waals surface area contributed by atoms with E-state index in [9.17, 15) is 19.2 Å². The number of ether oxygens (including phenoxy) is 2. The van der Waals surface area contributed by atoms with Crippen LogP contribution in [0.15, 0.2) is 78.9 Å². The highest BCUT2D eigenvalue weighted by molar-refractivity contribution is 5.98. The van der Waals surface area contributed by atoms with Gasteiger partial charge in [0.15, 0.2) is 0 Å². The van der Waals surface area contributed by atoms with Crippen LogP contribution >= 0.6 is 0 Å². The molecule has 0 radical (unpaired) electrons. The first kappa shape index (κ1) is 34.0. The summed E-state index contributed by atoms with van der Waals surface area (Å²) in [4.78, 5) is 53.8. The maximum Gasteiger partial charge on any atom is 0.411 e. The van der Waals surface area contributed by atoms with Crippen molar-refractivity contribution in [1.29, 1.82) is 0 Å². The Morgan fingerprint density at radius 3 is 1.94 bits per heavy atom. The molecule has 0 saturated carbocycles. The van der Waals surface area contributed by atoms with Crippen LogP contribution in [0.5, 0.6) is 0 Å². The summed E-state index contributed by atoms with van der Waals surface area (Å²) >= 11 is 0. The van der Waals surface area contributed by atoms with Crippen molar-refractivity contribution in [1.82, 2.24) is 20.0 Å². The zero-order chi connectivity index (χ0) is 34.6. The number of hydrogen-bond donors (Lipinski definition) is 3. The van der Waals surface area contributed by atoms with Gasteiger partial charge in [0.25, 0.3) is 5.91 Å². The third kappa shape index (κ3) is 8.69. The topological polar surface area (TPSA) is 146 Å². The van der Waals surface area contributed by atoms with E-state index >= 15 is 0 Å². The summed E-state index contributed by atoms with van der Waals surface area (Å²) in [7, 11) is 0. The zero-order valence-corrected chi connectivity index (χ0v) is 28.1. The lowest BCUT2D eigenvalue weighted by Crippen LogP contribution is -2.45. The molecule has 12 nitrogen and oxygen atoms in total. The fourth-order valence-electron chi connectivity index (χ4n) is 5.23. The van der Waals surface area contributed by atoms with E-state index in [4.69, 9.17) is 9.47 Å². The first-order valence-electron chi connectivity index (χ1n) is 15.8. The molecule has 0 bridgehead atoms. The Bertz CT molecular complexity index is 1710. The fourth-order valence-corrected chi connectivity index (χ4v) is 5.23. The number of H-pyrrole nitrogens is 1. The highest BCUT2D eigenvalue weighted by atomic mass is 16.6. The van der Waals surface area contributed by atoms with Gasteiger partial charge in [-0.15, -0.1) is 0 Å². The molecule has 2 aliphatic rings. The summed E-state index contributed by atoms with van der Waals surface area (Å²) in [6, 6.07) is 15.4. The molecule has 0 spiro atoms. The van der Waals surface area contributed by atoms with Crippen LogP contribution in [-0.4, -0.2) is 80.4 Å². The molecule has 12 heteroatoms. The highest BCUT2D eigenvalue weighted by Gasteiger charge is 2.34. The van der Waals surface area contributed by atoms with Crippen molar-refractivity contribution in [2.45, 2.75) is 71.2 Å². The first-order chi connectivity index (χ1) is 22.6. The smallest absolute Gasteiger partial charge is 0.411 e. The second kappa shape index (κ2) is 13.8. The number of aromatic amines is 1. The Morgan fingerprint density at radius 1 is 0.771 bits per heavy atom. The predicted molar refractivity (Wildman–Crippen MR) is 183 cm³/mol.